The lowest BCUT2D eigenvalue weighted by atomic mass is 10.3. The maximum Gasteiger partial charge on any atom is 0.191 e. The van der Waals surface area contributed by atoms with E-state index in [2.05, 4.69) is 25.6 Å². The highest BCUT2D eigenvalue weighted by molar-refractivity contribution is 7.11. The van der Waals surface area contributed by atoms with Gasteiger partial charge in [-0.05, 0) is 32.4 Å². The van der Waals surface area contributed by atoms with Crippen molar-refractivity contribution in [2.75, 3.05) is 25.0 Å². The van der Waals surface area contributed by atoms with Gasteiger partial charge in [0.25, 0.3) is 0 Å². The summed E-state index contributed by atoms with van der Waals surface area (Å²) in [5.41, 5.74) is 1.06. The van der Waals surface area contributed by atoms with E-state index in [1.54, 1.807) is 30.6 Å². The predicted molar refractivity (Wildman–Crippen MR) is 99.7 cm³/mol. The maximum atomic E-state index is 13.9. The second-order valence-corrected chi connectivity index (χ2v) is 7.34. The van der Waals surface area contributed by atoms with Crippen molar-refractivity contribution in [3.05, 3.63) is 39.7 Å². The number of anilines is 1. The molecule has 2 aromatic rings. The van der Waals surface area contributed by atoms with Crippen LogP contribution in [-0.4, -0.2) is 42.1 Å². The van der Waals surface area contributed by atoms with Crippen molar-refractivity contribution in [3.63, 3.8) is 0 Å². The van der Waals surface area contributed by atoms with E-state index < -0.39 is 0 Å². The number of nitrogens with one attached hydrogen (secondary N) is 2. The lowest BCUT2D eigenvalue weighted by Crippen LogP contribution is -2.44. The number of aryl methyl sites for hydroxylation is 2. The molecule has 0 radical (unpaired) electrons. The number of pyridine rings is 1. The highest BCUT2D eigenvalue weighted by Crippen LogP contribution is 2.21. The lowest BCUT2D eigenvalue weighted by Gasteiger charge is -2.19. The van der Waals surface area contributed by atoms with Crippen LogP contribution in [0.15, 0.2) is 23.3 Å². The summed E-state index contributed by atoms with van der Waals surface area (Å²) in [5.74, 6) is 0.894. The lowest BCUT2D eigenvalue weighted by molar-refractivity contribution is 0.612. The first-order valence-corrected chi connectivity index (χ1v) is 9.14. The quantitative estimate of drug-likeness (QED) is 0.645. The maximum absolute atomic E-state index is 13.9. The van der Waals surface area contributed by atoms with Crippen molar-refractivity contribution < 1.29 is 4.39 Å². The number of hydrogen-bond donors (Lipinski definition) is 2. The van der Waals surface area contributed by atoms with E-state index in [9.17, 15) is 4.39 Å². The van der Waals surface area contributed by atoms with Crippen LogP contribution in [0, 0.1) is 19.7 Å². The van der Waals surface area contributed by atoms with Gasteiger partial charge in [0, 0.05) is 37.3 Å². The molecule has 1 fully saturated rings. The Morgan fingerprint density at radius 3 is 3.00 bits per heavy atom. The molecule has 3 heterocycles. The van der Waals surface area contributed by atoms with E-state index in [0.717, 1.165) is 29.6 Å². The Balaban J connectivity index is 1.54. The molecule has 25 heavy (non-hydrogen) atoms. The molecule has 1 unspecified atom stereocenters. The van der Waals surface area contributed by atoms with Crippen molar-refractivity contribution in [2.24, 2.45) is 4.99 Å². The van der Waals surface area contributed by atoms with Gasteiger partial charge in [0.1, 0.15) is 0 Å². The van der Waals surface area contributed by atoms with Crippen molar-refractivity contribution in [2.45, 2.75) is 32.9 Å². The van der Waals surface area contributed by atoms with Gasteiger partial charge in [0.05, 0.1) is 17.2 Å². The average Bonchev–Trinajstić information content (AvgIpc) is 3.18. The summed E-state index contributed by atoms with van der Waals surface area (Å²) in [4.78, 5) is 16.1. The third kappa shape index (κ3) is 4.25. The first-order chi connectivity index (χ1) is 12.1. The fraction of sp³-hybridized carbons (Fsp3) is 0.471. The van der Waals surface area contributed by atoms with Crippen LogP contribution in [0.3, 0.4) is 0 Å². The third-order valence-electron chi connectivity index (χ3n) is 4.21. The largest absolute Gasteiger partial charge is 0.352 e. The molecule has 0 amide bonds. The smallest absolute Gasteiger partial charge is 0.191 e. The molecule has 1 saturated heterocycles. The van der Waals surface area contributed by atoms with Crippen molar-refractivity contribution >= 4 is 23.1 Å². The first-order valence-electron chi connectivity index (χ1n) is 8.32. The van der Waals surface area contributed by atoms with Crippen LogP contribution in [0.2, 0.25) is 0 Å². The Hall–Kier alpha value is -2.22. The zero-order chi connectivity index (χ0) is 17.8. The van der Waals surface area contributed by atoms with Gasteiger partial charge in [-0.25, -0.2) is 14.4 Å². The highest BCUT2D eigenvalue weighted by Gasteiger charge is 2.25. The number of thiazole rings is 1. The summed E-state index contributed by atoms with van der Waals surface area (Å²) in [6, 6.07) is 3.26. The Bertz CT molecular complexity index is 759. The molecule has 134 valence electrons. The van der Waals surface area contributed by atoms with Crippen LogP contribution in [0.4, 0.5) is 10.2 Å². The second kappa shape index (κ2) is 7.77. The van der Waals surface area contributed by atoms with Gasteiger partial charge in [-0.15, -0.1) is 11.3 Å². The molecule has 6 nitrogen and oxygen atoms in total. The summed E-state index contributed by atoms with van der Waals surface area (Å²) in [6.07, 6.45) is 2.54. The van der Waals surface area contributed by atoms with Crippen molar-refractivity contribution in [3.8, 4) is 0 Å². The number of halogens is 1. The molecule has 2 N–H and O–H groups in total. The Morgan fingerprint density at radius 1 is 1.48 bits per heavy atom. The normalized spacial score (nSPS) is 17.8. The van der Waals surface area contributed by atoms with E-state index in [-0.39, 0.29) is 11.9 Å². The monoisotopic (exact) mass is 362 g/mol. The number of aromatic nitrogens is 2. The number of guanidine groups is 1. The second-order valence-electron chi connectivity index (χ2n) is 6.05. The molecule has 1 atom stereocenters. The average molecular weight is 362 g/mol. The molecule has 0 aromatic carbocycles. The van der Waals surface area contributed by atoms with Crippen LogP contribution in [0.25, 0.3) is 0 Å². The molecule has 1 aliphatic rings. The van der Waals surface area contributed by atoms with E-state index in [0.29, 0.717) is 18.9 Å². The molecular formula is C17H23FN6S. The van der Waals surface area contributed by atoms with Crippen LogP contribution >= 0.6 is 11.3 Å². The van der Waals surface area contributed by atoms with Gasteiger partial charge in [-0.3, -0.25) is 4.99 Å². The minimum absolute atomic E-state index is 0.205. The fourth-order valence-corrected chi connectivity index (χ4v) is 3.85. The summed E-state index contributed by atoms with van der Waals surface area (Å²) in [5, 5.41) is 7.82. The number of hydrogen-bond acceptors (Lipinski definition) is 5. The van der Waals surface area contributed by atoms with E-state index in [4.69, 9.17) is 0 Å². The number of rotatable bonds is 4. The van der Waals surface area contributed by atoms with Crippen LogP contribution in [0.5, 0.6) is 0 Å². The zero-order valence-corrected chi connectivity index (χ0v) is 15.5. The van der Waals surface area contributed by atoms with Gasteiger partial charge in [-0.1, -0.05) is 0 Å². The molecule has 3 rings (SSSR count). The topological polar surface area (TPSA) is 65.4 Å². The van der Waals surface area contributed by atoms with Gasteiger partial charge >= 0.3 is 0 Å². The van der Waals surface area contributed by atoms with E-state index in [1.807, 2.05) is 18.7 Å². The summed E-state index contributed by atoms with van der Waals surface area (Å²) in [6.45, 7) is 6.20. The van der Waals surface area contributed by atoms with Gasteiger partial charge in [0.2, 0.25) is 0 Å². The molecule has 1 aliphatic heterocycles. The summed E-state index contributed by atoms with van der Waals surface area (Å²) < 4.78 is 13.9. The van der Waals surface area contributed by atoms with Gasteiger partial charge in [0.15, 0.2) is 17.6 Å². The minimum Gasteiger partial charge on any atom is -0.352 e. The molecule has 0 spiro atoms. The zero-order valence-electron chi connectivity index (χ0n) is 14.7. The molecular weight excluding hydrogens is 339 g/mol. The Kier molecular flexibility index (Phi) is 5.47. The number of nitrogens with zero attached hydrogens (tertiary/aromatic N) is 4. The molecule has 0 aliphatic carbocycles. The SMILES string of the molecule is CN=C(NCc1sc(C)nc1C)NC1CCN(c2ncccc2F)C1. The van der Waals surface area contributed by atoms with Crippen molar-refractivity contribution in [1.29, 1.82) is 0 Å². The predicted octanol–water partition coefficient (Wildman–Crippen LogP) is 2.24. The molecule has 2 aromatic heterocycles. The summed E-state index contributed by atoms with van der Waals surface area (Å²) >= 11 is 1.69. The fourth-order valence-electron chi connectivity index (χ4n) is 2.97. The Labute approximate surface area is 151 Å². The van der Waals surface area contributed by atoms with Gasteiger partial charge in [-0.2, -0.15) is 0 Å². The third-order valence-corrected chi connectivity index (χ3v) is 5.28. The molecule has 8 heteroatoms. The van der Waals surface area contributed by atoms with Gasteiger partial charge < -0.3 is 15.5 Å². The standard InChI is InChI=1S/C17H23FN6S/c1-11-15(25-12(2)22-11)9-21-17(19-3)23-13-6-8-24(10-13)16-14(18)5-4-7-20-16/h4-5,7,13H,6,8-10H2,1-3H3,(H2,19,21,23). The minimum atomic E-state index is -0.276. The molecule has 0 bridgehead atoms. The van der Waals surface area contributed by atoms with Crippen LogP contribution in [0.1, 0.15) is 22.0 Å². The van der Waals surface area contributed by atoms with Crippen molar-refractivity contribution in [1.82, 2.24) is 20.6 Å². The van der Waals surface area contributed by atoms with E-state index in [1.165, 1.54) is 10.9 Å². The van der Waals surface area contributed by atoms with Crippen LogP contribution < -0.4 is 15.5 Å². The van der Waals surface area contributed by atoms with Crippen LogP contribution in [-0.2, 0) is 6.54 Å². The molecule has 0 saturated carbocycles. The number of aliphatic imine (C=N–C) groups is 1. The highest BCUT2D eigenvalue weighted by atomic mass is 32.1. The Morgan fingerprint density at radius 2 is 2.32 bits per heavy atom. The summed E-state index contributed by atoms with van der Waals surface area (Å²) in [7, 11) is 1.76. The first kappa shape index (κ1) is 17.6. The van der Waals surface area contributed by atoms with E-state index >= 15 is 0 Å².